The standard InChI is InChI=1S/C18H14ClN3OS/c19-14-4-7-17-16(12-14)21(10-11-24-17)18(23)13-2-5-15(6-3-13)22-9-1-8-20-22/h1-9,12H,10-11H2. The number of hydrogen-bond acceptors (Lipinski definition) is 3. The van der Waals surface area contributed by atoms with E-state index in [1.165, 1.54) is 0 Å². The smallest absolute Gasteiger partial charge is 0.258 e. The first-order chi connectivity index (χ1) is 11.7. The zero-order valence-corrected chi connectivity index (χ0v) is 14.3. The number of rotatable bonds is 2. The number of halogens is 1. The molecule has 0 bridgehead atoms. The number of aromatic nitrogens is 2. The van der Waals surface area contributed by atoms with Crippen LogP contribution in [-0.2, 0) is 0 Å². The second-order valence-electron chi connectivity index (χ2n) is 5.41. The monoisotopic (exact) mass is 355 g/mol. The lowest BCUT2D eigenvalue weighted by Crippen LogP contribution is -2.35. The van der Waals surface area contributed by atoms with Crippen molar-refractivity contribution < 1.29 is 4.79 Å². The summed E-state index contributed by atoms with van der Waals surface area (Å²) in [5, 5.41) is 4.84. The minimum absolute atomic E-state index is 0.00849. The molecule has 24 heavy (non-hydrogen) atoms. The maximum absolute atomic E-state index is 12.9. The van der Waals surface area contributed by atoms with Gasteiger partial charge in [-0.2, -0.15) is 5.10 Å². The van der Waals surface area contributed by atoms with Gasteiger partial charge in [0, 0.05) is 40.2 Å². The lowest BCUT2D eigenvalue weighted by Gasteiger charge is -2.29. The maximum Gasteiger partial charge on any atom is 0.258 e. The lowest BCUT2D eigenvalue weighted by molar-refractivity contribution is 0.0987. The molecular weight excluding hydrogens is 342 g/mol. The molecule has 0 aliphatic carbocycles. The normalized spacial score (nSPS) is 13.6. The molecule has 0 atom stereocenters. The van der Waals surface area contributed by atoms with Crippen molar-refractivity contribution in [2.45, 2.75) is 4.90 Å². The van der Waals surface area contributed by atoms with Crippen LogP contribution in [0.5, 0.6) is 0 Å². The Bertz CT molecular complexity index is 878. The van der Waals surface area contributed by atoms with E-state index in [0.29, 0.717) is 17.1 Å². The highest BCUT2D eigenvalue weighted by Gasteiger charge is 2.24. The first-order valence-corrected chi connectivity index (χ1v) is 8.93. The third-order valence-corrected chi connectivity index (χ3v) is 5.19. The molecule has 2 heterocycles. The summed E-state index contributed by atoms with van der Waals surface area (Å²) in [5.74, 6) is 0.872. The summed E-state index contributed by atoms with van der Waals surface area (Å²) in [4.78, 5) is 15.8. The van der Waals surface area contributed by atoms with E-state index >= 15 is 0 Å². The fourth-order valence-corrected chi connectivity index (χ4v) is 3.88. The molecule has 120 valence electrons. The molecule has 0 saturated carbocycles. The van der Waals surface area contributed by atoms with Crippen LogP contribution in [0.15, 0.2) is 65.8 Å². The van der Waals surface area contributed by atoms with Gasteiger partial charge in [0.2, 0.25) is 0 Å². The molecule has 0 N–H and O–H groups in total. The molecule has 3 aromatic rings. The predicted octanol–water partition coefficient (Wildman–Crippen LogP) is 4.28. The molecule has 1 aromatic heterocycles. The number of amides is 1. The highest BCUT2D eigenvalue weighted by atomic mass is 35.5. The number of anilines is 1. The Morgan fingerprint density at radius 1 is 1.17 bits per heavy atom. The van der Waals surface area contributed by atoms with Crippen LogP contribution in [0.3, 0.4) is 0 Å². The van der Waals surface area contributed by atoms with Gasteiger partial charge >= 0.3 is 0 Å². The summed E-state index contributed by atoms with van der Waals surface area (Å²) in [6.07, 6.45) is 3.60. The van der Waals surface area contributed by atoms with Crippen molar-refractivity contribution in [2.75, 3.05) is 17.2 Å². The Hall–Kier alpha value is -2.24. The van der Waals surface area contributed by atoms with Crippen LogP contribution in [0.1, 0.15) is 10.4 Å². The number of hydrogen-bond donors (Lipinski definition) is 0. The van der Waals surface area contributed by atoms with E-state index in [2.05, 4.69) is 5.10 Å². The largest absolute Gasteiger partial charge is 0.306 e. The number of carbonyl (C=O) groups excluding carboxylic acids is 1. The van der Waals surface area contributed by atoms with E-state index in [0.717, 1.165) is 22.0 Å². The van der Waals surface area contributed by atoms with Crippen LogP contribution >= 0.6 is 23.4 Å². The van der Waals surface area contributed by atoms with Gasteiger partial charge < -0.3 is 4.90 Å². The van der Waals surface area contributed by atoms with Crippen molar-refractivity contribution >= 4 is 35.0 Å². The van der Waals surface area contributed by atoms with Gasteiger partial charge in [0.25, 0.3) is 5.91 Å². The van der Waals surface area contributed by atoms with Gasteiger partial charge in [0.1, 0.15) is 0 Å². The van der Waals surface area contributed by atoms with Crippen molar-refractivity contribution in [1.29, 1.82) is 0 Å². The summed E-state index contributed by atoms with van der Waals surface area (Å²) in [5.41, 5.74) is 2.47. The molecule has 6 heteroatoms. The van der Waals surface area contributed by atoms with Crippen LogP contribution in [0.4, 0.5) is 5.69 Å². The fraction of sp³-hybridized carbons (Fsp3) is 0.111. The minimum Gasteiger partial charge on any atom is -0.306 e. The van der Waals surface area contributed by atoms with Crippen molar-refractivity contribution in [3.05, 3.63) is 71.5 Å². The van der Waals surface area contributed by atoms with E-state index in [9.17, 15) is 4.79 Å². The summed E-state index contributed by atoms with van der Waals surface area (Å²) in [6.45, 7) is 0.678. The molecule has 0 spiro atoms. The minimum atomic E-state index is -0.00849. The molecule has 0 fully saturated rings. The van der Waals surface area contributed by atoms with E-state index < -0.39 is 0 Å². The van der Waals surface area contributed by atoms with Crippen molar-refractivity contribution in [3.8, 4) is 5.69 Å². The molecule has 0 saturated heterocycles. The molecule has 2 aromatic carbocycles. The second kappa shape index (κ2) is 6.34. The van der Waals surface area contributed by atoms with Gasteiger partial charge in [-0.1, -0.05) is 11.6 Å². The van der Waals surface area contributed by atoms with Gasteiger partial charge in [-0.05, 0) is 48.5 Å². The van der Waals surface area contributed by atoms with Gasteiger partial charge in [0.15, 0.2) is 0 Å². The van der Waals surface area contributed by atoms with Crippen LogP contribution in [0.2, 0.25) is 5.02 Å². The third kappa shape index (κ3) is 2.81. The third-order valence-electron chi connectivity index (χ3n) is 3.91. The van der Waals surface area contributed by atoms with Crippen molar-refractivity contribution in [1.82, 2.24) is 9.78 Å². The number of carbonyl (C=O) groups is 1. The summed E-state index contributed by atoms with van der Waals surface area (Å²) in [6, 6.07) is 15.0. The van der Waals surface area contributed by atoms with Crippen LogP contribution in [-0.4, -0.2) is 28.0 Å². The predicted molar refractivity (Wildman–Crippen MR) is 97.4 cm³/mol. The zero-order chi connectivity index (χ0) is 16.5. The van der Waals surface area contributed by atoms with E-state index in [1.54, 1.807) is 27.5 Å². The SMILES string of the molecule is O=C(c1ccc(-n2cccn2)cc1)N1CCSc2ccc(Cl)cc21. The van der Waals surface area contributed by atoms with E-state index in [4.69, 9.17) is 11.6 Å². The lowest BCUT2D eigenvalue weighted by atomic mass is 10.1. The molecule has 1 amide bonds. The average molecular weight is 356 g/mol. The molecule has 1 aliphatic heterocycles. The Labute approximate surface area is 149 Å². The molecule has 4 rings (SSSR count). The van der Waals surface area contributed by atoms with Crippen LogP contribution in [0.25, 0.3) is 5.69 Å². The van der Waals surface area contributed by atoms with Crippen LogP contribution in [0, 0.1) is 0 Å². The first kappa shape index (κ1) is 15.3. The van der Waals surface area contributed by atoms with Gasteiger partial charge in [-0.3, -0.25) is 4.79 Å². The van der Waals surface area contributed by atoms with Gasteiger partial charge in [-0.25, -0.2) is 4.68 Å². The highest BCUT2D eigenvalue weighted by Crippen LogP contribution is 2.37. The average Bonchev–Trinajstić information content (AvgIpc) is 3.15. The topological polar surface area (TPSA) is 38.1 Å². The molecule has 4 nitrogen and oxygen atoms in total. The van der Waals surface area contributed by atoms with Gasteiger partial charge in [-0.15, -0.1) is 11.8 Å². The molecular formula is C18H14ClN3OS. The number of nitrogens with zero attached hydrogens (tertiary/aromatic N) is 3. The zero-order valence-electron chi connectivity index (χ0n) is 12.7. The Balaban J connectivity index is 1.64. The van der Waals surface area contributed by atoms with Crippen molar-refractivity contribution in [3.63, 3.8) is 0 Å². The first-order valence-electron chi connectivity index (χ1n) is 7.57. The maximum atomic E-state index is 12.9. The number of thioether (sulfide) groups is 1. The summed E-state index contributed by atoms with van der Waals surface area (Å²) in [7, 11) is 0. The van der Waals surface area contributed by atoms with Crippen molar-refractivity contribution in [2.24, 2.45) is 0 Å². The summed E-state index contributed by atoms with van der Waals surface area (Å²) >= 11 is 7.86. The molecule has 0 unspecified atom stereocenters. The number of fused-ring (bicyclic) bond motifs is 1. The van der Waals surface area contributed by atoms with Gasteiger partial charge in [0.05, 0.1) is 11.4 Å². The quantitative estimate of drug-likeness (QED) is 0.688. The summed E-state index contributed by atoms with van der Waals surface area (Å²) < 4.78 is 1.76. The molecule has 1 aliphatic rings. The highest BCUT2D eigenvalue weighted by molar-refractivity contribution is 7.99. The Morgan fingerprint density at radius 2 is 2.00 bits per heavy atom. The molecule has 0 radical (unpaired) electrons. The Morgan fingerprint density at radius 3 is 2.75 bits per heavy atom. The fourth-order valence-electron chi connectivity index (χ4n) is 2.74. The second-order valence-corrected chi connectivity index (χ2v) is 6.99. The van der Waals surface area contributed by atoms with E-state index in [-0.39, 0.29) is 5.91 Å². The Kier molecular flexibility index (Phi) is 4.04. The van der Waals surface area contributed by atoms with E-state index in [1.807, 2.05) is 54.7 Å². The van der Waals surface area contributed by atoms with Crippen LogP contribution < -0.4 is 4.90 Å². The number of benzene rings is 2.